The van der Waals surface area contributed by atoms with Crippen molar-refractivity contribution >= 4 is 33.5 Å². The van der Waals surface area contributed by atoms with Gasteiger partial charge in [0.25, 0.3) is 5.91 Å². The van der Waals surface area contributed by atoms with E-state index in [0.717, 1.165) is 0 Å². The minimum Gasteiger partial charge on any atom is -0.495 e. The van der Waals surface area contributed by atoms with Crippen LogP contribution in [0.5, 0.6) is 11.5 Å². The lowest BCUT2D eigenvalue weighted by atomic mass is 10.2. The van der Waals surface area contributed by atoms with Gasteiger partial charge in [-0.15, -0.1) is 0 Å². The number of amides is 1. The number of rotatable bonds is 6. The molecular formula is C17H16BrNO5. The number of hydrogen-bond acceptors (Lipinski definition) is 5. The molecule has 0 aliphatic heterocycles. The van der Waals surface area contributed by atoms with Gasteiger partial charge in [0.05, 0.1) is 19.8 Å². The van der Waals surface area contributed by atoms with Gasteiger partial charge in [-0.25, -0.2) is 4.79 Å². The summed E-state index contributed by atoms with van der Waals surface area (Å²) in [5.41, 5.74) is 0.852. The number of esters is 1. The van der Waals surface area contributed by atoms with Crippen LogP contribution in [0.2, 0.25) is 0 Å². The lowest BCUT2D eigenvalue weighted by Crippen LogP contribution is -2.21. The number of hydrogen-bond donors (Lipinski definition) is 1. The zero-order valence-electron chi connectivity index (χ0n) is 13.2. The van der Waals surface area contributed by atoms with E-state index in [4.69, 9.17) is 14.2 Å². The predicted octanol–water partition coefficient (Wildman–Crippen LogP) is 3.26. The summed E-state index contributed by atoms with van der Waals surface area (Å²) in [4.78, 5) is 23.9. The molecule has 126 valence electrons. The number of carbonyl (C=O) groups is 2. The Balaban J connectivity index is 2.01. The van der Waals surface area contributed by atoms with Gasteiger partial charge in [-0.3, -0.25) is 4.79 Å². The Morgan fingerprint density at radius 2 is 1.62 bits per heavy atom. The topological polar surface area (TPSA) is 73.9 Å². The van der Waals surface area contributed by atoms with Gasteiger partial charge in [-0.05, 0) is 40.2 Å². The summed E-state index contributed by atoms with van der Waals surface area (Å²) in [5.74, 6) is -0.224. The fourth-order valence-electron chi connectivity index (χ4n) is 1.92. The molecule has 2 rings (SSSR count). The Morgan fingerprint density at radius 1 is 1.04 bits per heavy atom. The average molecular weight is 394 g/mol. The molecule has 2 aromatic rings. The minimum atomic E-state index is -0.651. The zero-order valence-corrected chi connectivity index (χ0v) is 14.8. The first-order valence-corrected chi connectivity index (χ1v) is 7.78. The van der Waals surface area contributed by atoms with Crippen molar-refractivity contribution in [3.8, 4) is 11.5 Å². The predicted molar refractivity (Wildman–Crippen MR) is 92.6 cm³/mol. The Labute approximate surface area is 147 Å². The third-order valence-electron chi connectivity index (χ3n) is 3.07. The number of para-hydroxylation sites is 1. The van der Waals surface area contributed by atoms with Crippen molar-refractivity contribution in [2.75, 3.05) is 26.1 Å². The number of halogens is 1. The van der Waals surface area contributed by atoms with Gasteiger partial charge in [0.15, 0.2) is 6.61 Å². The lowest BCUT2D eigenvalue weighted by Gasteiger charge is -2.11. The fourth-order valence-corrected chi connectivity index (χ4v) is 2.47. The molecule has 2 aromatic carbocycles. The van der Waals surface area contributed by atoms with Gasteiger partial charge >= 0.3 is 5.97 Å². The van der Waals surface area contributed by atoms with Gasteiger partial charge in [0.1, 0.15) is 16.0 Å². The SMILES string of the molecule is COc1cc(C(=O)OCC(=O)Nc2ccccc2)cc(OC)c1Br. The first-order valence-electron chi connectivity index (χ1n) is 6.98. The highest BCUT2D eigenvalue weighted by molar-refractivity contribution is 9.10. The van der Waals surface area contributed by atoms with Gasteiger partial charge in [-0.2, -0.15) is 0 Å². The quantitative estimate of drug-likeness (QED) is 0.762. The molecule has 6 nitrogen and oxygen atoms in total. The minimum absolute atomic E-state index is 0.222. The van der Waals surface area contributed by atoms with Crippen molar-refractivity contribution in [3.05, 3.63) is 52.5 Å². The molecule has 1 amide bonds. The van der Waals surface area contributed by atoms with Crippen LogP contribution in [0.1, 0.15) is 10.4 Å². The number of carbonyl (C=O) groups excluding carboxylic acids is 2. The number of nitrogens with one attached hydrogen (secondary N) is 1. The van der Waals surface area contributed by atoms with Crippen molar-refractivity contribution in [1.29, 1.82) is 0 Å². The molecule has 0 spiro atoms. The molecule has 1 N–H and O–H groups in total. The molecule has 0 aromatic heterocycles. The monoisotopic (exact) mass is 393 g/mol. The summed E-state index contributed by atoms with van der Waals surface area (Å²) in [5, 5.41) is 2.63. The van der Waals surface area contributed by atoms with Crippen molar-refractivity contribution in [1.82, 2.24) is 0 Å². The van der Waals surface area contributed by atoms with Crippen LogP contribution in [0.3, 0.4) is 0 Å². The molecule has 24 heavy (non-hydrogen) atoms. The normalized spacial score (nSPS) is 9.96. The second-order valence-corrected chi connectivity index (χ2v) is 5.48. The van der Waals surface area contributed by atoms with E-state index in [1.165, 1.54) is 26.4 Å². The highest BCUT2D eigenvalue weighted by Crippen LogP contribution is 2.35. The van der Waals surface area contributed by atoms with E-state index in [2.05, 4.69) is 21.2 Å². The third-order valence-corrected chi connectivity index (χ3v) is 3.85. The Kier molecular flexibility index (Phi) is 6.20. The maximum atomic E-state index is 12.1. The highest BCUT2D eigenvalue weighted by Gasteiger charge is 2.16. The second-order valence-electron chi connectivity index (χ2n) is 4.69. The number of methoxy groups -OCH3 is 2. The van der Waals surface area contributed by atoms with Crippen LogP contribution in [0.4, 0.5) is 5.69 Å². The van der Waals surface area contributed by atoms with E-state index in [1.54, 1.807) is 24.3 Å². The lowest BCUT2D eigenvalue weighted by molar-refractivity contribution is -0.119. The molecule has 0 unspecified atom stereocenters. The van der Waals surface area contributed by atoms with Gasteiger partial charge in [0.2, 0.25) is 0 Å². The molecule has 0 saturated carbocycles. The molecule has 0 bridgehead atoms. The van der Waals surface area contributed by atoms with Crippen LogP contribution in [0.15, 0.2) is 46.9 Å². The van der Waals surface area contributed by atoms with Crippen molar-refractivity contribution in [2.24, 2.45) is 0 Å². The first-order chi connectivity index (χ1) is 11.5. The van der Waals surface area contributed by atoms with Crippen molar-refractivity contribution in [3.63, 3.8) is 0 Å². The molecule has 0 heterocycles. The van der Waals surface area contributed by atoms with Crippen LogP contribution >= 0.6 is 15.9 Å². The van der Waals surface area contributed by atoms with E-state index in [1.807, 2.05) is 6.07 Å². The molecule has 0 aliphatic rings. The first kappa shape index (κ1) is 17.8. The Hall–Kier alpha value is -2.54. The van der Waals surface area contributed by atoms with Crippen LogP contribution in [0, 0.1) is 0 Å². The Morgan fingerprint density at radius 3 is 2.17 bits per heavy atom. The Bertz CT molecular complexity index is 708. The number of benzene rings is 2. The summed E-state index contributed by atoms with van der Waals surface area (Å²) in [6.45, 7) is -0.394. The van der Waals surface area contributed by atoms with Crippen LogP contribution in [-0.2, 0) is 9.53 Å². The van der Waals surface area contributed by atoms with E-state index < -0.39 is 18.5 Å². The van der Waals surface area contributed by atoms with E-state index in [0.29, 0.717) is 21.7 Å². The van der Waals surface area contributed by atoms with Crippen molar-refractivity contribution < 1.29 is 23.8 Å². The van der Waals surface area contributed by atoms with Gasteiger partial charge < -0.3 is 19.5 Å². The van der Waals surface area contributed by atoms with Gasteiger partial charge in [0, 0.05) is 5.69 Å². The molecule has 7 heteroatoms. The average Bonchev–Trinajstić information content (AvgIpc) is 2.60. The summed E-state index contributed by atoms with van der Waals surface area (Å²) >= 11 is 3.32. The standard InChI is InChI=1S/C17H16BrNO5/c1-22-13-8-11(9-14(23-2)16(13)18)17(21)24-10-15(20)19-12-6-4-3-5-7-12/h3-9H,10H2,1-2H3,(H,19,20). The molecule has 0 radical (unpaired) electrons. The van der Waals surface area contributed by atoms with E-state index in [-0.39, 0.29) is 5.56 Å². The summed E-state index contributed by atoms with van der Waals surface area (Å²) < 4.78 is 16.0. The molecule has 0 atom stereocenters. The summed E-state index contributed by atoms with van der Waals surface area (Å²) in [6, 6.07) is 11.9. The van der Waals surface area contributed by atoms with Crippen molar-refractivity contribution in [2.45, 2.75) is 0 Å². The van der Waals surface area contributed by atoms with Gasteiger partial charge in [-0.1, -0.05) is 18.2 Å². The highest BCUT2D eigenvalue weighted by atomic mass is 79.9. The fraction of sp³-hybridized carbons (Fsp3) is 0.176. The molecular weight excluding hydrogens is 378 g/mol. The van der Waals surface area contributed by atoms with Crippen LogP contribution < -0.4 is 14.8 Å². The van der Waals surface area contributed by atoms with Crippen LogP contribution in [0.25, 0.3) is 0 Å². The second kappa shape index (κ2) is 8.35. The van der Waals surface area contributed by atoms with Crippen LogP contribution in [-0.4, -0.2) is 32.7 Å². The summed E-state index contributed by atoms with van der Waals surface area (Å²) in [6.07, 6.45) is 0. The summed E-state index contributed by atoms with van der Waals surface area (Å²) in [7, 11) is 2.95. The van der Waals surface area contributed by atoms with E-state index in [9.17, 15) is 9.59 Å². The maximum Gasteiger partial charge on any atom is 0.338 e. The van der Waals surface area contributed by atoms with E-state index >= 15 is 0 Å². The molecule has 0 saturated heterocycles. The molecule has 0 fully saturated rings. The third kappa shape index (κ3) is 4.48. The smallest absolute Gasteiger partial charge is 0.338 e. The largest absolute Gasteiger partial charge is 0.495 e. The number of anilines is 1. The number of ether oxygens (including phenoxy) is 3. The maximum absolute atomic E-state index is 12.1. The molecule has 0 aliphatic carbocycles. The zero-order chi connectivity index (χ0) is 17.5.